The molecule has 3 heteroatoms. The molecule has 0 aliphatic heterocycles. The Morgan fingerprint density at radius 1 is 1.20 bits per heavy atom. The molecule has 0 radical (unpaired) electrons. The van der Waals surface area contributed by atoms with Crippen LogP contribution in [-0.2, 0) is 0 Å². The Kier molecular flexibility index (Phi) is 2.34. The minimum Gasteiger partial charge on any atom is -0.399 e. The van der Waals surface area contributed by atoms with Crippen molar-refractivity contribution in [2.45, 2.75) is 11.6 Å². The third-order valence-electron chi connectivity index (χ3n) is 2.56. The number of allylic oxidation sites excluding steroid dienone is 1. The molecule has 2 unspecified atom stereocenters. The first-order valence-electron chi connectivity index (χ1n) is 4.82. The summed E-state index contributed by atoms with van der Waals surface area (Å²) in [7, 11) is 0. The van der Waals surface area contributed by atoms with Gasteiger partial charge in [-0.3, -0.25) is 5.73 Å². The molecule has 0 saturated carbocycles. The molecule has 0 spiro atoms. The van der Waals surface area contributed by atoms with Crippen LogP contribution in [0.4, 0.5) is 0 Å². The number of hydrogen-bond acceptors (Lipinski definition) is 3. The summed E-state index contributed by atoms with van der Waals surface area (Å²) in [5.41, 5.74) is 11.7. The first-order chi connectivity index (χ1) is 7.09. The summed E-state index contributed by atoms with van der Waals surface area (Å²) in [5, 5.41) is 10.00. The molecular weight excluding hydrogens is 188 g/mol. The number of rotatable bonds is 1. The van der Waals surface area contributed by atoms with Crippen molar-refractivity contribution < 1.29 is 5.11 Å². The molecule has 2 atom stereocenters. The van der Waals surface area contributed by atoms with Gasteiger partial charge in [-0.15, -0.1) is 0 Å². The Labute approximate surface area is 88.7 Å². The molecule has 0 heterocycles. The standard InChI is InChI=1S/C12H14N2O/c13-10-6-7-12(14,15)11(8-10)9-4-2-1-3-5-9/h1-8,11,15H,13-14H2. The Hall–Kier alpha value is -1.58. The van der Waals surface area contributed by atoms with Gasteiger partial charge in [-0.2, -0.15) is 0 Å². The first-order valence-corrected chi connectivity index (χ1v) is 4.82. The number of aliphatic hydroxyl groups is 1. The van der Waals surface area contributed by atoms with Crippen molar-refractivity contribution in [2.24, 2.45) is 11.5 Å². The highest BCUT2D eigenvalue weighted by molar-refractivity contribution is 5.37. The van der Waals surface area contributed by atoms with Gasteiger partial charge in [-0.05, 0) is 23.8 Å². The Morgan fingerprint density at radius 3 is 2.53 bits per heavy atom. The Balaban J connectivity index is 2.40. The van der Waals surface area contributed by atoms with Gasteiger partial charge in [0.2, 0.25) is 0 Å². The molecule has 0 amide bonds. The van der Waals surface area contributed by atoms with Gasteiger partial charge in [-0.25, -0.2) is 0 Å². The van der Waals surface area contributed by atoms with Crippen molar-refractivity contribution in [1.29, 1.82) is 0 Å². The lowest BCUT2D eigenvalue weighted by Gasteiger charge is -2.30. The fourth-order valence-electron chi connectivity index (χ4n) is 1.74. The van der Waals surface area contributed by atoms with E-state index in [9.17, 15) is 5.11 Å². The summed E-state index contributed by atoms with van der Waals surface area (Å²) < 4.78 is 0. The molecule has 1 aliphatic rings. The largest absolute Gasteiger partial charge is 0.399 e. The number of nitrogens with two attached hydrogens (primary N) is 2. The van der Waals surface area contributed by atoms with Gasteiger partial charge in [0.1, 0.15) is 5.72 Å². The highest BCUT2D eigenvalue weighted by Gasteiger charge is 2.31. The van der Waals surface area contributed by atoms with Crippen molar-refractivity contribution in [3.63, 3.8) is 0 Å². The van der Waals surface area contributed by atoms with Crippen LogP contribution in [0.25, 0.3) is 0 Å². The third kappa shape index (κ3) is 1.93. The van der Waals surface area contributed by atoms with Crippen molar-refractivity contribution in [1.82, 2.24) is 0 Å². The van der Waals surface area contributed by atoms with Gasteiger partial charge < -0.3 is 10.8 Å². The molecule has 0 bridgehead atoms. The predicted molar refractivity (Wildman–Crippen MR) is 59.7 cm³/mol. The molecule has 1 aromatic carbocycles. The third-order valence-corrected chi connectivity index (χ3v) is 2.56. The molecule has 0 fully saturated rings. The van der Waals surface area contributed by atoms with Gasteiger partial charge in [0, 0.05) is 5.70 Å². The normalized spacial score (nSPS) is 30.0. The van der Waals surface area contributed by atoms with E-state index in [-0.39, 0.29) is 5.92 Å². The zero-order chi connectivity index (χ0) is 10.9. The van der Waals surface area contributed by atoms with Crippen molar-refractivity contribution >= 4 is 0 Å². The lowest BCUT2D eigenvalue weighted by molar-refractivity contribution is 0.0809. The minimum atomic E-state index is -1.36. The van der Waals surface area contributed by atoms with Crippen LogP contribution >= 0.6 is 0 Å². The molecule has 5 N–H and O–H groups in total. The van der Waals surface area contributed by atoms with Crippen LogP contribution in [0.2, 0.25) is 0 Å². The van der Waals surface area contributed by atoms with Crippen LogP contribution in [0.5, 0.6) is 0 Å². The highest BCUT2D eigenvalue weighted by Crippen LogP contribution is 2.30. The number of benzene rings is 1. The molecule has 0 aromatic heterocycles. The molecular formula is C12H14N2O. The molecule has 1 aliphatic carbocycles. The number of hydrogen-bond donors (Lipinski definition) is 3. The zero-order valence-electron chi connectivity index (χ0n) is 8.30. The van der Waals surface area contributed by atoms with Crippen molar-refractivity contribution in [3.05, 3.63) is 59.8 Å². The Bertz CT molecular complexity index is 407. The average molecular weight is 202 g/mol. The molecule has 15 heavy (non-hydrogen) atoms. The molecule has 1 aromatic rings. The molecule has 78 valence electrons. The zero-order valence-corrected chi connectivity index (χ0v) is 8.30. The van der Waals surface area contributed by atoms with Crippen molar-refractivity contribution in [2.75, 3.05) is 0 Å². The van der Waals surface area contributed by atoms with Gasteiger partial charge in [0.15, 0.2) is 0 Å². The van der Waals surface area contributed by atoms with E-state index in [1.807, 2.05) is 30.3 Å². The fraction of sp³-hybridized carbons (Fsp3) is 0.167. The highest BCUT2D eigenvalue weighted by atomic mass is 16.3. The predicted octanol–water partition coefficient (Wildman–Crippen LogP) is 0.830. The van der Waals surface area contributed by atoms with E-state index >= 15 is 0 Å². The van der Waals surface area contributed by atoms with Crippen LogP contribution in [0.3, 0.4) is 0 Å². The van der Waals surface area contributed by atoms with E-state index < -0.39 is 5.72 Å². The van der Waals surface area contributed by atoms with Crippen LogP contribution < -0.4 is 11.5 Å². The van der Waals surface area contributed by atoms with E-state index in [0.717, 1.165) is 5.56 Å². The van der Waals surface area contributed by atoms with E-state index in [4.69, 9.17) is 11.5 Å². The summed E-state index contributed by atoms with van der Waals surface area (Å²) in [6.07, 6.45) is 4.93. The lowest BCUT2D eigenvalue weighted by Crippen LogP contribution is -2.44. The Morgan fingerprint density at radius 2 is 1.87 bits per heavy atom. The topological polar surface area (TPSA) is 72.3 Å². The summed E-state index contributed by atoms with van der Waals surface area (Å²) >= 11 is 0. The summed E-state index contributed by atoms with van der Waals surface area (Å²) in [5.74, 6) is -0.288. The molecule has 3 nitrogen and oxygen atoms in total. The van der Waals surface area contributed by atoms with E-state index in [0.29, 0.717) is 5.70 Å². The van der Waals surface area contributed by atoms with Crippen LogP contribution in [0.1, 0.15) is 11.5 Å². The maximum Gasteiger partial charge on any atom is 0.143 e. The van der Waals surface area contributed by atoms with Gasteiger partial charge in [0.25, 0.3) is 0 Å². The van der Waals surface area contributed by atoms with E-state index in [2.05, 4.69) is 0 Å². The summed E-state index contributed by atoms with van der Waals surface area (Å²) in [6, 6.07) is 9.59. The van der Waals surface area contributed by atoms with Gasteiger partial charge >= 0.3 is 0 Å². The van der Waals surface area contributed by atoms with Crippen LogP contribution in [0, 0.1) is 0 Å². The monoisotopic (exact) mass is 202 g/mol. The summed E-state index contributed by atoms with van der Waals surface area (Å²) in [6.45, 7) is 0. The second-order valence-electron chi connectivity index (χ2n) is 3.78. The van der Waals surface area contributed by atoms with Crippen molar-refractivity contribution in [3.8, 4) is 0 Å². The maximum absolute atomic E-state index is 10.00. The molecule has 0 saturated heterocycles. The summed E-state index contributed by atoms with van der Waals surface area (Å²) in [4.78, 5) is 0. The molecule has 2 rings (SSSR count). The average Bonchev–Trinajstić information content (AvgIpc) is 2.23. The maximum atomic E-state index is 10.00. The quantitative estimate of drug-likeness (QED) is 0.591. The fourth-order valence-corrected chi connectivity index (χ4v) is 1.74. The van der Waals surface area contributed by atoms with Gasteiger partial charge in [-0.1, -0.05) is 30.3 Å². The smallest absolute Gasteiger partial charge is 0.143 e. The SMILES string of the molecule is NC1=CC(c2ccccc2)C(N)(O)C=C1. The first kappa shape index (κ1) is 9.96. The van der Waals surface area contributed by atoms with E-state index in [1.54, 1.807) is 12.2 Å². The van der Waals surface area contributed by atoms with E-state index in [1.165, 1.54) is 6.08 Å². The second kappa shape index (κ2) is 3.53. The second-order valence-corrected chi connectivity index (χ2v) is 3.78. The van der Waals surface area contributed by atoms with Crippen LogP contribution in [-0.4, -0.2) is 10.8 Å². The van der Waals surface area contributed by atoms with Gasteiger partial charge in [0.05, 0.1) is 5.92 Å². The minimum absolute atomic E-state index is 0.288. The lowest BCUT2D eigenvalue weighted by atomic mass is 9.85. The van der Waals surface area contributed by atoms with Crippen LogP contribution in [0.15, 0.2) is 54.3 Å².